The van der Waals surface area contributed by atoms with Crippen LogP contribution in [-0.2, 0) is 30.3 Å². The summed E-state index contributed by atoms with van der Waals surface area (Å²) in [5, 5.41) is 18.5. The van der Waals surface area contributed by atoms with Crippen molar-refractivity contribution in [2.75, 3.05) is 46.1 Å². The van der Waals surface area contributed by atoms with Gasteiger partial charge in [-0.15, -0.1) is 0 Å². The third-order valence-corrected chi connectivity index (χ3v) is 17.2. The van der Waals surface area contributed by atoms with Crippen LogP contribution < -0.4 is 10.1 Å². The second-order valence-corrected chi connectivity index (χ2v) is 22.4. The van der Waals surface area contributed by atoms with E-state index in [1.165, 1.54) is 56.6 Å². The molecule has 376 valence electrons. The molecule has 1 saturated heterocycles. The van der Waals surface area contributed by atoms with E-state index in [4.69, 9.17) is 23.5 Å². The maximum atomic E-state index is 13.3. The van der Waals surface area contributed by atoms with Gasteiger partial charge in [0.05, 0.1) is 24.3 Å². The zero-order valence-corrected chi connectivity index (χ0v) is 42.7. The number of carbonyl (C=O) groups excluding carboxylic acids is 3. The van der Waals surface area contributed by atoms with Crippen LogP contribution in [0.4, 0.5) is 0 Å². The maximum absolute atomic E-state index is 13.3. The van der Waals surface area contributed by atoms with Crippen LogP contribution in [0.1, 0.15) is 154 Å². The first-order valence-electron chi connectivity index (χ1n) is 26.3. The quantitative estimate of drug-likeness (QED) is 0.0713. The number of aromatic nitrogens is 1. The Kier molecular flexibility index (Phi) is 16.1. The highest BCUT2D eigenvalue weighted by Gasteiger charge is 2.59. The Labute approximate surface area is 410 Å². The van der Waals surface area contributed by atoms with Crippen LogP contribution in [0.5, 0.6) is 11.5 Å². The Balaban J connectivity index is 0.862. The summed E-state index contributed by atoms with van der Waals surface area (Å²) < 4.78 is 28.7. The van der Waals surface area contributed by atoms with Gasteiger partial charge in [-0.2, -0.15) is 0 Å². The summed E-state index contributed by atoms with van der Waals surface area (Å²) in [7, 11) is 0. The Bertz CT molecular complexity index is 2310. The molecule has 4 fully saturated rings. The van der Waals surface area contributed by atoms with Gasteiger partial charge in [0.2, 0.25) is 0 Å². The minimum atomic E-state index is -0.721. The van der Waals surface area contributed by atoms with Crippen molar-refractivity contribution in [3.8, 4) is 33.9 Å². The van der Waals surface area contributed by atoms with E-state index in [1.54, 1.807) is 6.07 Å². The molecule has 2 aromatic carbocycles. The van der Waals surface area contributed by atoms with Crippen molar-refractivity contribution in [1.82, 2.24) is 15.4 Å². The number of ether oxygens (including phenoxy) is 4. The minimum absolute atomic E-state index is 0.0946. The smallest absolute Gasteiger partial charge is 0.337 e. The van der Waals surface area contributed by atoms with Crippen molar-refractivity contribution in [3.63, 3.8) is 0 Å². The first-order chi connectivity index (χ1) is 33.1. The zero-order chi connectivity index (χ0) is 49.0. The molecule has 12 heteroatoms. The SMILES string of the molecule is CCNC(=O)c1noc(-c2cc(C(C)C)c(OC(=O)COCC(=O)OC3CCC4(C)C(=CCC5[C@@H]4CCC4(C)[C@@H]([C@H](C)CCCC(C)C)CC[C@@H]54)C3)cc2O)c1-c1ccc(CN2CCOCC2)cc1. The summed E-state index contributed by atoms with van der Waals surface area (Å²) in [5.74, 6) is 3.00. The molecule has 4 aliphatic carbocycles. The number of nitrogens with zero attached hydrogens (tertiary/aromatic N) is 2. The number of hydrogen-bond acceptors (Lipinski definition) is 11. The van der Waals surface area contributed by atoms with Crippen LogP contribution in [0.2, 0.25) is 0 Å². The van der Waals surface area contributed by atoms with Crippen molar-refractivity contribution in [2.45, 2.75) is 145 Å². The van der Waals surface area contributed by atoms with Crippen LogP contribution in [0.15, 0.2) is 52.6 Å². The minimum Gasteiger partial charge on any atom is -0.507 e. The van der Waals surface area contributed by atoms with Gasteiger partial charge in [-0.1, -0.05) is 109 Å². The lowest BCUT2D eigenvalue weighted by atomic mass is 9.47. The van der Waals surface area contributed by atoms with Crippen LogP contribution in [0.25, 0.3) is 22.5 Å². The Hall–Kier alpha value is -4.52. The van der Waals surface area contributed by atoms with Crippen LogP contribution in [0, 0.1) is 46.3 Å². The third-order valence-electron chi connectivity index (χ3n) is 17.2. The standard InChI is InChI=1S/C57H79N3O9/c1-9-58-55(64)53-52(39-15-13-38(14-16-39)32-60-25-27-65-28-26-60)54(69-59-53)44-30-43(36(4)5)49(31-48(44)61)68-51(63)34-66-33-50(62)67-41-21-23-56(7)40(29-41)17-18-42-46-20-19-45(37(6)12-10-11-35(2)3)57(46,8)24-22-47(42)56/h13-17,30-31,35-37,41-42,45-47,61H,9-12,18-29,32-34H2,1-8H3,(H,58,64)/t37-,41?,42?,45-,46+,47+,56?,57?/m1/s1. The number of phenols is 1. The number of nitrogens with one attached hydrogen (secondary N) is 1. The molecule has 0 spiro atoms. The number of esters is 2. The molecule has 0 bridgehead atoms. The molecule has 1 aliphatic heterocycles. The third kappa shape index (κ3) is 11.0. The molecule has 3 saturated carbocycles. The van der Waals surface area contributed by atoms with E-state index in [0.717, 1.165) is 80.5 Å². The number of phenolic OH excluding ortho intramolecular Hbond substituents is 1. The monoisotopic (exact) mass is 950 g/mol. The fraction of sp³-hybridized carbons (Fsp3) is 0.649. The molecule has 0 radical (unpaired) electrons. The van der Waals surface area contributed by atoms with E-state index in [9.17, 15) is 19.5 Å². The largest absolute Gasteiger partial charge is 0.507 e. The van der Waals surface area contributed by atoms with E-state index in [0.29, 0.717) is 53.3 Å². The first kappa shape index (κ1) is 50.9. The predicted molar refractivity (Wildman–Crippen MR) is 267 cm³/mol. The van der Waals surface area contributed by atoms with Gasteiger partial charge >= 0.3 is 11.9 Å². The summed E-state index contributed by atoms with van der Waals surface area (Å²) in [6.45, 7) is 21.5. The second-order valence-electron chi connectivity index (χ2n) is 22.4. The molecule has 2 heterocycles. The van der Waals surface area contributed by atoms with Crippen LogP contribution in [0.3, 0.4) is 0 Å². The summed E-state index contributed by atoms with van der Waals surface area (Å²) in [5.41, 5.74) is 5.31. The van der Waals surface area contributed by atoms with Gasteiger partial charge in [-0.3, -0.25) is 9.69 Å². The fourth-order valence-electron chi connectivity index (χ4n) is 13.6. The predicted octanol–water partition coefficient (Wildman–Crippen LogP) is 11.3. The summed E-state index contributed by atoms with van der Waals surface area (Å²) >= 11 is 0. The van der Waals surface area contributed by atoms with Gasteiger partial charge in [-0.25, -0.2) is 9.59 Å². The molecule has 69 heavy (non-hydrogen) atoms. The first-order valence-corrected chi connectivity index (χ1v) is 26.3. The molecule has 2 N–H and O–H groups in total. The number of carbonyl (C=O) groups is 3. The van der Waals surface area contributed by atoms with Crippen LogP contribution >= 0.6 is 0 Å². The summed E-state index contributed by atoms with van der Waals surface area (Å²) in [4.78, 5) is 41.9. The number of amides is 1. The Morgan fingerprint density at radius 3 is 2.41 bits per heavy atom. The molecular weight excluding hydrogens is 871 g/mol. The van der Waals surface area contributed by atoms with Gasteiger partial charge in [0.25, 0.3) is 5.91 Å². The lowest BCUT2D eigenvalue weighted by molar-refractivity contribution is -0.158. The molecule has 8 atom stereocenters. The average Bonchev–Trinajstić information content (AvgIpc) is 3.91. The van der Waals surface area contributed by atoms with Crippen LogP contribution in [-0.4, -0.2) is 85.2 Å². The van der Waals surface area contributed by atoms with Gasteiger partial charge in [0.15, 0.2) is 11.5 Å². The van der Waals surface area contributed by atoms with Gasteiger partial charge in [0, 0.05) is 38.7 Å². The number of morpholine rings is 1. The molecule has 1 aromatic heterocycles. The zero-order valence-electron chi connectivity index (χ0n) is 42.7. The molecular formula is C57H79N3O9. The molecule has 12 nitrogen and oxygen atoms in total. The van der Waals surface area contributed by atoms with E-state index in [-0.39, 0.29) is 47.0 Å². The van der Waals surface area contributed by atoms with E-state index >= 15 is 0 Å². The van der Waals surface area contributed by atoms with Crippen molar-refractivity contribution in [2.24, 2.45) is 46.3 Å². The second kappa shape index (κ2) is 21.9. The lowest BCUT2D eigenvalue weighted by Crippen LogP contribution is -2.51. The average molecular weight is 950 g/mol. The van der Waals surface area contributed by atoms with Crippen molar-refractivity contribution < 1.29 is 43.0 Å². The number of fused-ring (bicyclic) bond motifs is 5. The molecule has 3 aromatic rings. The highest BCUT2D eigenvalue weighted by molar-refractivity contribution is 6.02. The number of benzene rings is 2. The summed E-state index contributed by atoms with van der Waals surface area (Å²) in [6, 6.07) is 11.0. The number of aromatic hydroxyl groups is 1. The number of hydrogen-bond donors (Lipinski definition) is 2. The lowest BCUT2D eigenvalue weighted by Gasteiger charge is -2.58. The van der Waals surface area contributed by atoms with Gasteiger partial charge in [-0.05, 0) is 127 Å². The number of rotatable bonds is 18. The van der Waals surface area contributed by atoms with Crippen molar-refractivity contribution in [3.05, 3.63) is 64.9 Å². The number of allylic oxidation sites excluding steroid dienone is 1. The molecule has 4 unspecified atom stereocenters. The summed E-state index contributed by atoms with van der Waals surface area (Å²) in [6.07, 6.45) is 15.5. The highest BCUT2D eigenvalue weighted by Crippen LogP contribution is 2.67. The van der Waals surface area contributed by atoms with E-state index in [1.807, 2.05) is 45.0 Å². The normalized spacial score (nSPS) is 27.3. The van der Waals surface area contributed by atoms with E-state index in [2.05, 4.69) is 56.1 Å². The molecule has 1 amide bonds. The topological polar surface area (TPSA) is 150 Å². The van der Waals surface area contributed by atoms with Gasteiger partial charge < -0.3 is 33.9 Å². The van der Waals surface area contributed by atoms with Crippen molar-refractivity contribution >= 4 is 17.8 Å². The van der Waals surface area contributed by atoms with Gasteiger partial charge in [0.1, 0.15) is 30.8 Å². The molecule has 5 aliphatic rings. The highest BCUT2D eigenvalue weighted by atomic mass is 16.6. The van der Waals surface area contributed by atoms with E-state index < -0.39 is 24.5 Å². The molecule has 8 rings (SSSR count). The Morgan fingerprint density at radius 1 is 0.928 bits per heavy atom. The fourth-order valence-corrected chi connectivity index (χ4v) is 13.6. The maximum Gasteiger partial charge on any atom is 0.337 e. The van der Waals surface area contributed by atoms with Crippen molar-refractivity contribution in [1.29, 1.82) is 0 Å². The Morgan fingerprint density at radius 2 is 1.68 bits per heavy atom.